The number of pyridine rings is 1. The highest BCUT2D eigenvalue weighted by Gasteiger charge is 2.36. The minimum Gasteiger partial charge on any atom is -0.490 e. The van der Waals surface area contributed by atoms with E-state index in [1.54, 1.807) is 30.3 Å². The first-order chi connectivity index (χ1) is 13.4. The minimum atomic E-state index is -0.807. The molecule has 1 aromatic carbocycles. The third-order valence-corrected chi connectivity index (χ3v) is 4.80. The van der Waals surface area contributed by atoms with Crippen LogP contribution in [0.25, 0.3) is 6.08 Å². The minimum absolute atomic E-state index is 0.0604. The predicted octanol–water partition coefficient (Wildman–Crippen LogP) is 3.69. The summed E-state index contributed by atoms with van der Waals surface area (Å²) in [7, 11) is 0. The van der Waals surface area contributed by atoms with Crippen LogP contribution in [0.3, 0.4) is 0 Å². The van der Waals surface area contributed by atoms with E-state index in [-0.39, 0.29) is 17.4 Å². The van der Waals surface area contributed by atoms with Crippen LogP contribution in [-0.2, 0) is 9.59 Å². The first kappa shape index (κ1) is 19.8. The van der Waals surface area contributed by atoms with Crippen LogP contribution < -0.4 is 15.0 Å². The predicted molar refractivity (Wildman–Crippen MR) is 108 cm³/mol. The molecule has 4 amide bonds. The summed E-state index contributed by atoms with van der Waals surface area (Å²) in [5.41, 5.74) is 0.746. The third kappa shape index (κ3) is 4.12. The summed E-state index contributed by atoms with van der Waals surface area (Å²) >= 11 is 3.45. The molecule has 2 aromatic rings. The number of aromatic nitrogens is 1. The van der Waals surface area contributed by atoms with Crippen molar-refractivity contribution in [3.63, 3.8) is 0 Å². The van der Waals surface area contributed by atoms with Gasteiger partial charge in [0, 0.05) is 6.20 Å². The van der Waals surface area contributed by atoms with Gasteiger partial charge in [-0.25, -0.2) is 9.69 Å². The van der Waals surface area contributed by atoms with Crippen molar-refractivity contribution in [1.82, 2.24) is 10.3 Å². The summed E-state index contributed by atoms with van der Waals surface area (Å²) < 4.78 is 6.50. The molecule has 1 atom stereocenters. The summed E-state index contributed by atoms with van der Waals surface area (Å²) in [5, 5.41) is 2.18. The SMILES string of the molecule is CC[C@H](C)Oc1ccc(/C=C2\C(=O)NC(=O)N(c3cccnc3)C2=O)cc1Br. The quantitative estimate of drug-likeness (QED) is 0.562. The molecule has 2 heterocycles. The number of rotatable bonds is 5. The Kier molecular flexibility index (Phi) is 5.89. The van der Waals surface area contributed by atoms with E-state index in [1.807, 2.05) is 13.8 Å². The Labute approximate surface area is 170 Å². The molecule has 0 unspecified atom stereocenters. The monoisotopic (exact) mass is 443 g/mol. The second kappa shape index (κ2) is 8.35. The van der Waals surface area contributed by atoms with Gasteiger partial charge in [0.15, 0.2) is 0 Å². The fraction of sp³-hybridized carbons (Fsp3) is 0.200. The molecular weight excluding hydrogens is 426 g/mol. The summed E-state index contributed by atoms with van der Waals surface area (Å²) in [6.07, 6.45) is 5.27. The highest BCUT2D eigenvalue weighted by atomic mass is 79.9. The van der Waals surface area contributed by atoms with Crippen molar-refractivity contribution >= 4 is 45.5 Å². The Morgan fingerprint density at radius 1 is 1.29 bits per heavy atom. The number of barbiturate groups is 1. The molecule has 0 spiro atoms. The molecule has 0 radical (unpaired) electrons. The van der Waals surface area contributed by atoms with Gasteiger partial charge in [0.1, 0.15) is 11.3 Å². The number of nitrogens with zero attached hydrogens (tertiary/aromatic N) is 2. The first-order valence-electron chi connectivity index (χ1n) is 8.68. The topological polar surface area (TPSA) is 88.6 Å². The van der Waals surface area contributed by atoms with E-state index < -0.39 is 17.8 Å². The number of hydrogen-bond donors (Lipinski definition) is 1. The van der Waals surface area contributed by atoms with Gasteiger partial charge in [0.2, 0.25) is 0 Å². The number of imide groups is 2. The Balaban J connectivity index is 1.92. The van der Waals surface area contributed by atoms with Gasteiger partial charge >= 0.3 is 6.03 Å². The molecule has 7 nitrogen and oxygen atoms in total. The number of ether oxygens (including phenoxy) is 1. The number of benzene rings is 1. The van der Waals surface area contributed by atoms with E-state index in [0.29, 0.717) is 15.8 Å². The molecular formula is C20H18BrN3O4. The summed E-state index contributed by atoms with van der Waals surface area (Å²) in [6, 6.07) is 7.60. The normalized spacial score (nSPS) is 16.9. The van der Waals surface area contributed by atoms with E-state index in [9.17, 15) is 14.4 Å². The van der Waals surface area contributed by atoms with E-state index in [2.05, 4.69) is 26.2 Å². The molecule has 1 N–H and O–H groups in total. The molecule has 28 heavy (non-hydrogen) atoms. The molecule has 8 heteroatoms. The van der Waals surface area contributed by atoms with Crippen LogP contribution in [0.2, 0.25) is 0 Å². The smallest absolute Gasteiger partial charge is 0.336 e. The fourth-order valence-electron chi connectivity index (χ4n) is 2.55. The van der Waals surface area contributed by atoms with Gasteiger partial charge in [-0.2, -0.15) is 0 Å². The van der Waals surface area contributed by atoms with Crippen molar-refractivity contribution in [1.29, 1.82) is 0 Å². The van der Waals surface area contributed by atoms with E-state index in [0.717, 1.165) is 11.3 Å². The largest absolute Gasteiger partial charge is 0.490 e. The maximum Gasteiger partial charge on any atom is 0.336 e. The van der Waals surface area contributed by atoms with Crippen LogP contribution in [0, 0.1) is 0 Å². The molecule has 1 aliphatic heterocycles. The van der Waals surface area contributed by atoms with Crippen molar-refractivity contribution in [2.24, 2.45) is 0 Å². The summed E-state index contributed by atoms with van der Waals surface area (Å²) in [4.78, 5) is 42.0. The van der Waals surface area contributed by atoms with Gasteiger partial charge in [-0.1, -0.05) is 13.0 Å². The van der Waals surface area contributed by atoms with Gasteiger partial charge in [0.05, 0.1) is 22.5 Å². The van der Waals surface area contributed by atoms with Crippen LogP contribution in [0.1, 0.15) is 25.8 Å². The Hall–Kier alpha value is -3.00. The highest BCUT2D eigenvalue weighted by Crippen LogP contribution is 2.29. The molecule has 3 rings (SSSR count). The molecule has 0 aliphatic carbocycles. The molecule has 0 bridgehead atoms. The van der Waals surface area contributed by atoms with E-state index in [4.69, 9.17) is 4.74 Å². The molecule has 1 saturated heterocycles. The second-order valence-corrected chi connectivity index (χ2v) is 7.05. The summed E-state index contributed by atoms with van der Waals surface area (Å²) in [5.74, 6) is -0.785. The lowest BCUT2D eigenvalue weighted by molar-refractivity contribution is -0.122. The van der Waals surface area contributed by atoms with Crippen LogP contribution >= 0.6 is 15.9 Å². The number of urea groups is 1. The zero-order chi connectivity index (χ0) is 20.3. The lowest BCUT2D eigenvalue weighted by Gasteiger charge is -2.26. The number of halogens is 1. The van der Waals surface area contributed by atoms with Crippen molar-refractivity contribution in [2.75, 3.05) is 4.90 Å². The van der Waals surface area contributed by atoms with Gasteiger partial charge in [0.25, 0.3) is 11.8 Å². The number of carbonyl (C=O) groups excluding carboxylic acids is 3. The molecule has 144 valence electrons. The zero-order valence-corrected chi connectivity index (χ0v) is 16.9. The molecule has 0 saturated carbocycles. The first-order valence-corrected chi connectivity index (χ1v) is 9.47. The number of nitrogens with one attached hydrogen (secondary N) is 1. The average Bonchev–Trinajstić information content (AvgIpc) is 2.67. The lowest BCUT2D eigenvalue weighted by atomic mass is 10.1. The molecule has 1 aromatic heterocycles. The maximum absolute atomic E-state index is 12.8. The Morgan fingerprint density at radius 2 is 2.07 bits per heavy atom. The fourth-order valence-corrected chi connectivity index (χ4v) is 3.04. The van der Waals surface area contributed by atoms with Crippen molar-refractivity contribution in [3.8, 4) is 5.75 Å². The van der Waals surface area contributed by atoms with Crippen molar-refractivity contribution in [2.45, 2.75) is 26.4 Å². The van der Waals surface area contributed by atoms with Gasteiger partial charge in [-0.15, -0.1) is 0 Å². The number of carbonyl (C=O) groups is 3. The van der Waals surface area contributed by atoms with E-state index in [1.165, 1.54) is 18.5 Å². The Morgan fingerprint density at radius 3 is 2.71 bits per heavy atom. The van der Waals surface area contributed by atoms with Crippen LogP contribution in [-0.4, -0.2) is 28.9 Å². The standard InChI is InChI=1S/C20H18BrN3O4/c1-3-12(2)28-17-7-6-13(10-16(17)21)9-15-18(25)23-20(27)24(19(15)26)14-5-4-8-22-11-14/h4-12H,3H2,1-2H3,(H,23,25,27)/b15-9+/t12-/m0/s1. The van der Waals surface area contributed by atoms with Crippen LogP contribution in [0.5, 0.6) is 5.75 Å². The maximum atomic E-state index is 12.8. The summed E-state index contributed by atoms with van der Waals surface area (Å²) in [6.45, 7) is 4.00. The second-order valence-electron chi connectivity index (χ2n) is 6.20. The van der Waals surface area contributed by atoms with Crippen molar-refractivity contribution in [3.05, 3.63) is 58.3 Å². The molecule has 1 fully saturated rings. The molecule has 1 aliphatic rings. The number of anilines is 1. The van der Waals surface area contributed by atoms with Gasteiger partial charge < -0.3 is 4.74 Å². The third-order valence-electron chi connectivity index (χ3n) is 4.18. The van der Waals surface area contributed by atoms with Gasteiger partial charge in [-0.3, -0.25) is 19.9 Å². The zero-order valence-electron chi connectivity index (χ0n) is 15.3. The lowest BCUT2D eigenvalue weighted by Crippen LogP contribution is -2.54. The van der Waals surface area contributed by atoms with Crippen LogP contribution in [0.15, 0.2) is 52.8 Å². The van der Waals surface area contributed by atoms with Gasteiger partial charge in [-0.05, 0) is 65.2 Å². The number of amides is 4. The Bertz CT molecular complexity index is 959. The van der Waals surface area contributed by atoms with Crippen molar-refractivity contribution < 1.29 is 19.1 Å². The van der Waals surface area contributed by atoms with Crippen LogP contribution in [0.4, 0.5) is 10.5 Å². The average molecular weight is 444 g/mol. The van der Waals surface area contributed by atoms with E-state index >= 15 is 0 Å². The highest BCUT2D eigenvalue weighted by molar-refractivity contribution is 9.10. The number of hydrogen-bond acceptors (Lipinski definition) is 5.